The van der Waals surface area contributed by atoms with E-state index in [1.54, 1.807) is 0 Å². The van der Waals surface area contributed by atoms with Gasteiger partial charge in [-0.2, -0.15) is 0 Å². The summed E-state index contributed by atoms with van der Waals surface area (Å²) in [6.07, 6.45) is 8.67. The molecule has 0 atom stereocenters. The molecule has 0 saturated carbocycles. The number of rotatable bonds is 3. The summed E-state index contributed by atoms with van der Waals surface area (Å²) in [5.41, 5.74) is 5.57. The van der Waals surface area contributed by atoms with E-state index in [0.29, 0.717) is 5.02 Å². The van der Waals surface area contributed by atoms with E-state index in [1.807, 2.05) is 39.9 Å². The van der Waals surface area contributed by atoms with Crippen LogP contribution in [0.5, 0.6) is 0 Å². The van der Waals surface area contributed by atoms with E-state index in [-0.39, 0.29) is 5.91 Å². The number of carbonyl (C=O) groups excluding carboxylic acids is 1. The van der Waals surface area contributed by atoms with Crippen molar-refractivity contribution in [2.45, 2.75) is 32.2 Å². The Labute approximate surface area is 175 Å². The Bertz CT molecular complexity index is 1050. The second kappa shape index (κ2) is 7.81. The molecular formula is C23H25ClN4O. The minimum absolute atomic E-state index is 0.167. The first-order valence-corrected chi connectivity index (χ1v) is 10.8. The fourth-order valence-electron chi connectivity index (χ4n) is 4.48. The molecule has 1 fully saturated rings. The standard InChI is InChI=1S/C23H25ClN4O/c24-20-7-8-22-25-21(16-28(22)14-20)15-26-9-11-27(12-10-26)23(29)19-6-5-17-3-1-2-4-18(17)13-19/h5-8,13-14,16H,1-4,9-12,15H2. The number of halogens is 1. The van der Waals surface area contributed by atoms with Crippen LogP contribution in [0.2, 0.25) is 5.02 Å². The van der Waals surface area contributed by atoms with Crippen LogP contribution in [-0.2, 0) is 19.4 Å². The predicted molar refractivity (Wildman–Crippen MR) is 114 cm³/mol. The number of aromatic nitrogens is 2. The van der Waals surface area contributed by atoms with Crippen molar-refractivity contribution >= 4 is 23.2 Å². The van der Waals surface area contributed by atoms with Crippen LogP contribution in [0.1, 0.15) is 40.0 Å². The maximum absolute atomic E-state index is 13.0. The zero-order chi connectivity index (χ0) is 19.8. The Kier molecular flexibility index (Phi) is 5.02. The lowest BCUT2D eigenvalue weighted by Gasteiger charge is -2.34. The van der Waals surface area contributed by atoms with E-state index in [0.717, 1.165) is 62.5 Å². The Morgan fingerprint density at radius 1 is 0.966 bits per heavy atom. The highest BCUT2D eigenvalue weighted by Crippen LogP contribution is 2.23. The van der Waals surface area contributed by atoms with Crippen LogP contribution < -0.4 is 0 Å². The molecule has 3 aromatic rings. The highest BCUT2D eigenvalue weighted by atomic mass is 35.5. The summed E-state index contributed by atoms with van der Waals surface area (Å²) in [6, 6.07) is 10.1. The Morgan fingerprint density at radius 2 is 1.76 bits per heavy atom. The second-order valence-corrected chi connectivity index (χ2v) is 8.54. The van der Waals surface area contributed by atoms with Gasteiger partial charge < -0.3 is 9.30 Å². The number of hydrogen-bond donors (Lipinski definition) is 0. The van der Waals surface area contributed by atoms with Gasteiger partial charge in [0.05, 0.1) is 10.7 Å². The first-order chi connectivity index (χ1) is 14.2. The molecule has 2 aliphatic rings. The van der Waals surface area contributed by atoms with Gasteiger partial charge in [0.2, 0.25) is 0 Å². The highest BCUT2D eigenvalue weighted by molar-refractivity contribution is 6.30. The first kappa shape index (κ1) is 18.6. The van der Waals surface area contributed by atoms with Gasteiger partial charge in [-0.3, -0.25) is 9.69 Å². The van der Waals surface area contributed by atoms with Gasteiger partial charge in [0, 0.05) is 50.7 Å². The van der Waals surface area contributed by atoms with Crippen LogP contribution in [-0.4, -0.2) is 51.3 Å². The van der Waals surface area contributed by atoms with Crippen molar-refractivity contribution in [1.82, 2.24) is 19.2 Å². The molecule has 5 nitrogen and oxygen atoms in total. The number of pyridine rings is 1. The fraction of sp³-hybridized carbons (Fsp3) is 0.391. The number of imidazole rings is 1. The Morgan fingerprint density at radius 3 is 2.59 bits per heavy atom. The normalized spacial score (nSPS) is 17.5. The lowest BCUT2D eigenvalue weighted by atomic mass is 9.90. The molecular weight excluding hydrogens is 384 g/mol. The first-order valence-electron chi connectivity index (χ1n) is 10.4. The molecule has 3 heterocycles. The number of nitrogens with zero attached hydrogens (tertiary/aromatic N) is 4. The van der Waals surface area contributed by atoms with E-state index in [1.165, 1.54) is 24.0 Å². The number of hydrogen-bond acceptors (Lipinski definition) is 3. The van der Waals surface area contributed by atoms with Crippen molar-refractivity contribution in [1.29, 1.82) is 0 Å². The molecule has 150 valence electrons. The van der Waals surface area contributed by atoms with Crippen LogP contribution in [0.4, 0.5) is 0 Å². The fourth-order valence-corrected chi connectivity index (χ4v) is 4.65. The Balaban J connectivity index is 1.21. The van der Waals surface area contributed by atoms with Crippen molar-refractivity contribution in [3.63, 3.8) is 0 Å². The molecule has 0 radical (unpaired) electrons. The summed E-state index contributed by atoms with van der Waals surface area (Å²) in [4.78, 5) is 22.0. The molecule has 1 amide bonds. The summed E-state index contributed by atoms with van der Waals surface area (Å²) in [5.74, 6) is 0.167. The molecule has 0 N–H and O–H groups in total. The monoisotopic (exact) mass is 408 g/mol. The SMILES string of the molecule is O=C(c1ccc2c(c1)CCCC2)N1CCN(Cc2cn3cc(Cl)ccc3n2)CC1. The molecule has 1 saturated heterocycles. The number of carbonyl (C=O) groups is 1. The van der Waals surface area contributed by atoms with Crippen molar-refractivity contribution in [2.75, 3.05) is 26.2 Å². The average Bonchev–Trinajstić information content (AvgIpc) is 3.14. The van der Waals surface area contributed by atoms with E-state index in [9.17, 15) is 4.79 Å². The molecule has 5 rings (SSSR count). The molecule has 1 aromatic carbocycles. The summed E-state index contributed by atoms with van der Waals surface area (Å²) in [5, 5.41) is 0.704. The number of piperazine rings is 1. The zero-order valence-electron chi connectivity index (χ0n) is 16.5. The quantitative estimate of drug-likeness (QED) is 0.661. The van der Waals surface area contributed by atoms with E-state index in [4.69, 9.17) is 11.6 Å². The Hall–Kier alpha value is -2.37. The van der Waals surface area contributed by atoms with Crippen LogP contribution in [0.3, 0.4) is 0 Å². The molecule has 29 heavy (non-hydrogen) atoms. The van der Waals surface area contributed by atoms with E-state index in [2.05, 4.69) is 22.0 Å². The lowest BCUT2D eigenvalue weighted by Crippen LogP contribution is -2.48. The van der Waals surface area contributed by atoms with Crippen LogP contribution in [0.25, 0.3) is 5.65 Å². The minimum atomic E-state index is 0.167. The van der Waals surface area contributed by atoms with Gasteiger partial charge in [-0.15, -0.1) is 0 Å². The molecule has 2 aromatic heterocycles. The summed E-state index contributed by atoms with van der Waals surface area (Å²) in [6.45, 7) is 4.04. The van der Waals surface area contributed by atoms with Gasteiger partial charge in [-0.25, -0.2) is 4.98 Å². The largest absolute Gasteiger partial charge is 0.336 e. The lowest BCUT2D eigenvalue weighted by molar-refractivity contribution is 0.0627. The minimum Gasteiger partial charge on any atom is -0.336 e. The molecule has 0 spiro atoms. The van der Waals surface area contributed by atoms with Crippen LogP contribution >= 0.6 is 11.6 Å². The van der Waals surface area contributed by atoms with Gasteiger partial charge in [0.15, 0.2) is 0 Å². The maximum Gasteiger partial charge on any atom is 0.253 e. The number of fused-ring (bicyclic) bond motifs is 2. The van der Waals surface area contributed by atoms with E-state index >= 15 is 0 Å². The number of aryl methyl sites for hydroxylation is 2. The third kappa shape index (κ3) is 3.89. The average molecular weight is 409 g/mol. The highest BCUT2D eigenvalue weighted by Gasteiger charge is 2.23. The zero-order valence-corrected chi connectivity index (χ0v) is 17.2. The van der Waals surface area contributed by atoms with Crippen molar-refractivity contribution in [3.05, 3.63) is 70.1 Å². The predicted octanol–water partition coefficient (Wildman–Crippen LogP) is 3.82. The van der Waals surface area contributed by atoms with E-state index < -0.39 is 0 Å². The topological polar surface area (TPSA) is 40.9 Å². The smallest absolute Gasteiger partial charge is 0.253 e. The van der Waals surface area contributed by atoms with Crippen LogP contribution in [0.15, 0.2) is 42.7 Å². The van der Waals surface area contributed by atoms with Gasteiger partial charge in [0.1, 0.15) is 5.65 Å². The van der Waals surface area contributed by atoms with Gasteiger partial charge in [-0.1, -0.05) is 17.7 Å². The van der Waals surface area contributed by atoms with Crippen molar-refractivity contribution in [3.8, 4) is 0 Å². The molecule has 1 aliphatic heterocycles. The van der Waals surface area contributed by atoms with Gasteiger partial charge in [0.25, 0.3) is 5.91 Å². The maximum atomic E-state index is 13.0. The summed E-state index contributed by atoms with van der Waals surface area (Å²) >= 11 is 6.06. The third-order valence-corrected chi connectivity index (χ3v) is 6.33. The second-order valence-electron chi connectivity index (χ2n) is 8.10. The molecule has 0 unspecified atom stereocenters. The van der Waals surface area contributed by atoms with Crippen LogP contribution in [0, 0.1) is 0 Å². The molecule has 1 aliphatic carbocycles. The third-order valence-electron chi connectivity index (χ3n) is 6.11. The van der Waals surface area contributed by atoms with Crippen molar-refractivity contribution in [2.24, 2.45) is 0 Å². The van der Waals surface area contributed by atoms with Gasteiger partial charge in [-0.05, 0) is 61.1 Å². The summed E-state index contributed by atoms with van der Waals surface area (Å²) < 4.78 is 1.97. The number of benzene rings is 1. The van der Waals surface area contributed by atoms with Gasteiger partial charge >= 0.3 is 0 Å². The summed E-state index contributed by atoms with van der Waals surface area (Å²) in [7, 11) is 0. The van der Waals surface area contributed by atoms with Crippen molar-refractivity contribution < 1.29 is 4.79 Å². The molecule has 6 heteroatoms. The number of amides is 1. The molecule has 0 bridgehead atoms.